The maximum Gasteiger partial charge on any atom is 0.220 e. The van der Waals surface area contributed by atoms with Gasteiger partial charge >= 0.3 is 0 Å². The lowest BCUT2D eigenvalue weighted by Gasteiger charge is -2.06. The van der Waals surface area contributed by atoms with E-state index in [4.69, 9.17) is 0 Å². The van der Waals surface area contributed by atoms with E-state index in [1.54, 1.807) is 0 Å². The SMILES string of the molecule is CCc1ccc(CCNC(=O)CCCNC)cc1.Cl. The predicted octanol–water partition coefficient (Wildman–Crippen LogP) is 2.33. The first-order valence-electron chi connectivity index (χ1n) is 6.75. The van der Waals surface area contributed by atoms with Crippen molar-refractivity contribution >= 4 is 18.3 Å². The Kier molecular flexibility index (Phi) is 10.2. The van der Waals surface area contributed by atoms with E-state index in [-0.39, 0.29) is 18.3 Å². The molecule has 4 heteroatoms. The van der Waals surface area contributed by atoms with Crippen LogP contribution in [0.4, 0.5) is 0 Å². The van der Waals surface area contributed by atoms with Crippen molar-refractivity contribution in [1.29, 1.82) is 0 Å². The van der Waals surface area contributed by atoms with Gasteiger partial charge in [0.2, 0.25) is 5.91 Å². The van der Waals surface area contributed by atoms with Crippen LogP contribution < -0.4 is 10.6 Å². The maximum absolute atomic E-state index is 11.5. The van der Waals surface area contributed by atoms with Crippen molar-refractivity contribution in [3.8, 4) is 0 Å². The van der Waals surface area contributed by atoms with Crippen LogP contribution in [0.3, 0.4) is 0 Å². The zero-order valence-corrected chi connectivity index (χ0v) is 12.7. The van der Waals surface area contributed by atoms with Crippen LogP contribution >= 0.6 is 12.4 Å². The van der Waals surface area contributed by atoms with Crippen molar-refractivity contribution < 1.29 is 4.79 Å². The number of carbonyl (C=O) groups excluding carboxylic acids is 1. The third-order valence-corrected chi connectivity index (χ3v) is 3.00. The van der Waals surface area contributed by atoms with Crippen molar-refractivity contribution in [3.05, 3.63) is 35.4 Å². The van der Waals surface area contributed by atoms with Crippen LogP contribution in [-0.4, -0.2) is 26.0 Å². The fourth-order valence-corrected chi connectivity index (χ4v) is 1.80. The summed E-state index contributed by atoms with van der Waals surface area (Å²) < 4.78 is 0. The summed E-state index contributed by atoms with van der Waals surface area (Å²) in [6, 6.07) is 8.60. The Bertz CT molecular complexity index is 352. The highest BCUT2D eigenvalue weighted by Crippen LogP contribution is 2.05. The average Bonchev–Trinajstić information content (AvgIpc) is 2.40. The largest absolute Gasteiger partial charge is 0.356 e. The lowest BCUT2D eigenvalue weighted by molar-refractivity contribution is -0.121. The standard InChI is InChI=1S/C15H24N2O.ClH/c1-3-13-6-8-14(9-7-13)10-12-17-15(18)5-4-11-16-2;/h6-9,16H,3-5,10-12H2,1-2H3,(H,17,18);1H. The highest BCUT2D eigenvalue weighted by Gasteiger charge is 2.00. The molecule has 0 bridgehead atoms. The van der Waals surface area contributed by atoms with Gasteiger partial charge in [-0.3, -0.25) is 4.79 Å². The Morgan fingerprint density at radius 1 is 1.11 bits per heavy atom. The van der Waals surface area contributed by atoms with E-state index in [2.05, 4.69) is 41.8 Å². The molecule has 2 N–H and O–H groups in total. The Morgan fingerprint density at radius 3 is 2.32 bits per heavy atom. The maximum atomic E-state index is 11.5. The Balaban J connectivity index is 0.00000324. The van der Waals surface area contributed by atoms with Gasteiger partial charge in [-0.05, 0) is 44.0 Å². The zero-order chi connectivity index (χ0) is 13.2. The zero-order valence-electron chi connectivity index (χ0n) is 11.9. The average molecular weight is 285 g/mol. The molecule has 0 radical (unpaired) electrons. The van der Waals surface area contributed by atoms with Crippen molar-refractivity contribution in [2.45, 2.75) is 32.6 Å². The number of aryl methyl sites for hydroxylation is 1. The highest BCUT2D eigenvalue weighted by atomic mass is 35.5. The van der Waals surface area contributed by atoms with E-state index in [1.165, 1.54) is 11.1 Å². The van der Waals surface area contributed by atoms with Gasteiger partial charge in [-0.1, -0.05) is 31.2 Å². The van der Waals surface area contributed by atoms with Crippen LogP contribution in [0, 0.1) is 0 Å². The third-order valence-electron chi connectivity index (χ3n) is 3.00. The molecule has 1 amide bonds. The molecule has 108 valence electrons. The van der Waals surface area contributed by atoms with E-state index in [0.717, 1.165) is 32.4 Å². The molecule has 0 aliphatic carbocycles. The number of amides is 1. The molecule has 0 unspecified atom stereocenters. The highest BCUT2D eigenvalue weighted by molar-refractivity contribution is 5.85. The molecule has 0 spiro atoms. The lowest BCUT2D eigenvalue weighted by Crippen LogP contribution is -2.26. The van der Waals surface area contributed by atoms with Gasteiger partial charge < -0.3 is 10.6 Å². The van der Waals surface area contributed by atoms with Crippen LogP contribution in [0.1, 0.15) is 30.9 Å². The minimum atomic E-state index is 0. The lowest BCUT2D eigenvalue weighted by atomic mass is 10.1. The minimum absolute atomic E-state index is 0. The number of nitrogens with one attached hydrogen (secondary N) is 2. The van der Waals surface area contributed by atoms with Crippen LogP contribution in [0.15, 0.2) is 24.3 Å². The first kappa shape index (κ1) is 17.9. The molecule has 0 aliphatic heterocycles. The first-order valence-corrected chi connectivity index (χ1v) is 6.75. The number of benzene rings is 1. The quantitative estimate of drug-likeness (QED) is 0.720. The third kappa shape index (κ3) is 7.85. The molecule has 0 heterocycles. The predicted molar refractivity (Wildman–Crippen MR) is 82.9 cm³/mol. The summed E-state index contributed by atoms with van der Waals surface area (Å²) in [6.45, 7) is 3.77. The summed E-state index contributed by atoms with van der Waals surface area (Å²) in [6.07, 6.45) is 3.48. The molecule has 0 aliphatic rings. The van der Waals surface area contributed by atoms with Gasteiger partial charge in [0.05, 0.1) is 0 Å². The molecule has 0 fully saturated rings. The topological polar surface area (TPSA) is 41.1 Å². The molecule has 19 heavy (non-hydrogen) atoms. The number of rotatable bonds is 8. The van der Waals surface area contributed by atoms with Gasteiger partial charge in [-0.2, -0.15) is 0 Å². The van der Waals surface area contributed by atoms with Crippen LogP contribution in [0.5, 0.6) is 0 Å². The Hall–Kier alpha value is -1.06. The first-order chi connectivity index (χ1) is 8.76. The molecule has 1 aromatic carbocycles. The van der Waals surface area contributed by atoms with Crippen molar-refractivity contribution in [2.24, 2.45) is 0 Å². The smallest absolute Gasteiger partial charge is 0.220 e. The summed E-state index contributed by atoms with van der Waals surface area (Å²) >= 11 is 0. The van der Waals surface area contributed by atoms with Gasteiger partial charge in [-0.15, -0.1) is 12.4 Å². The van der Waals surface area contributed by atoms with Crippen LogP contribution in [-0.2, 0) is 17.6 Å². The molecule has 0 saturated carbocycles. The van der Waals surface area contributed by atoms with E-state index in [1.807, 2.05) is 7.05 Å². The van der Waals surface area contributed by atoms with E-state index in [9.17, 15) is 4.79 Å². The molecule has 1 rings (SSSR count). The molecular weight excluding hydrogens is 260 g/mol. The fourth-order valence-electron chi connectivity index (χ4n) is 1.80. The number of hydrogen-bond acceptors (Lipinski definition) is 2. The summed E-state index contributed by atoms with van der Waals surface area (Å²) in [5.41, 5.74) is 2.64. The van der Waals surface area contributed by atoms with Crippen molar-refractivity contribution in [2.75, 3.05) is 20.1 Å². The van der Waals surface area contributed by atoms with Gasteiger partial charge in [-0.25, -0.2) is 0 Å². The molecule has 3 nitrogen and oxygen atoms in total. The van der Waals surface area contributed by atoms with E-state index >= 15 is 0 Å². The summed E-state index contributed by atoms with van der Waals surface area (Å²) in [5.74, 6) is 0.149. The Morgan fingerprint density at radius 2 is 1.74 bits per heavy atom. The second kappa shape index (κ2) is 10.8. The van der Waals surface area contributed by atoms with Gasteiger partial charge in [0.25, 0.3) is 0 Å². The van der Waals surface area contributed by atoms with Gasteiger partial charge in [0.1, 0.15) is 0 Å². The summed E-state index contributed by atoms with van der Waals surface area (Å²) in [5, 5.41) is 5.99. The Labute approximate surface area is 122 Å². The van der Waals surface area contributed by atoms with E-state index in [0.29, 0.717) is 6.42 Å². The molecule has 0 atom stereocenters. The fraction of sp³-hybridized carbons (Fsp3) is 0.533. The van der Waals surface area contributed by atoms with Gasteiger partial charge in [0.15, 0.2) is 0 Å². The minimum Gasteiger partial charge on any atom is -0.356 e. The van der Waals surface area contributed by atoms with Crippen LogP contribution in [0.25, 0.3) is 0 Å². The van der Waals surface area contributed by atoms with Crippen LogP contribution in [0.2, 0.25) is 0 Å². The molecule has 1 aromatic rings. The molecule has 0 aromatic heterocycles. The number of hydrogen-bond donors (Lipinski definition) is 2. The van der Waals surface area contributed by atoms with Crippen molar-refractivity contribution in [1.82, 2.24) is 10.6 Å². The second-order valence-corrected chi connectivity index (χ2v) is 4.48. The van der Waals surface area contributed by atoms with E-state index < -0.39 is 0 Å². The monoisotopic (exact) mass is 284 g/mol. The van der Waals surface area contributed by atoms with Crippen molar-refractivity contribution in [3.63, 3.8) is 0 Å². The summed E-state index contributed by atoms with van der Waals surface area (Å²) in [7, 11) is 1.90. The normalized spacial score (nSPS) is 9.79. The number of carbonyl (C=O) groups is 1. The van der Waals surface area contributed by atoms with Gasteiger partial charge in [0, 0.05) is 13.0 Å². The number of halogens is 1. The summed E-state index contributed by atoms with van der Waals surface area (Å²) in [4.78, 5) is 11.5. The molecular formula is C15H25ClN2O. The second-order valence-electron chi connectivity index (χ2n) is 4.48. The molecule has 0 saturated heterocycles.